The summed E-state index contributed by atoms with van der Waals surface area (Å²) < 4.78 is 11.2. The van der Waals surface area contributed by atoms with Crippen LogP contribution < -0.4 is 0 Å². The summed E-state index contributed by atoms with van der Waals surface area (Å²) in [4.78, 5) is 0. The summed E-state index contributed by atoms with van der Waals surface area (Å²) >= 11 is 3.64. The zero-order valence-corrected chi connectivity index (χ0v) is 11.9. The average Bonchev–Trinajstić information content (AvgIpc) is 2.58. The minimum atomic E-state index is -0.0164. The van der Waals surface area contributed by atoms with Gasteiger partial charge < -0.3 is 9.47 Å². The molecular formula is C12H23BrO2. The first-order valence-electron chi connectivity index (χ1n) is 5.68. The van der Waals surface area contributed by atoms with Crippen LogP contribution in [-0.4, -0.2) is 30.8 Å². The van der Waals surface area contributed by atoms with Gasteiger partial charge in [0.05, 0.1) is 11.7 Å². The largest absolute Gasteiger partial charge is 0.379 e. The first-order valence-corrected chi connectivity index (χ1v) is 6.81. The molecule has 2 unspecified atom stereocenters. The molecule has 0 aromatic rings. The van der Waals surface area contributed by atoms with Crippen molar-refractivity contribution in [3.8, 4) is 0 Å². The fraction of sp³-hybridized carbons (Fsp3) is 1.00. The first-order chi connectivity index (χ1) is 6.96. The van der Waals surface area contributed by atoms with Crippen LogP contribution in [-0.2, 0) is 9.47 Å². The summed E-state index contributed by atoms with van der Waals surface area (Å²) in [5.41, 5.74) is 0.299. The molecule has 3 heteroatoms. The van der Waals surface area contributed by atoms with Crippen LogP contribution in [0.5, 0.6) is 0 Å². The zero-order valence-electron chi connectivity index (χ0n) is 10.3. The van der Waals surface area contributed by atoms with Crippen LogP contribution >= 0.6 is 15.9 Å². The minimum Gasteiger partial charge on any atom is -0.379 e. The van der Waals surface area contributed by atoms with Gasteiger partial charge in [-0.05, 0) is 40.0 Å². The van der Waals surface area contributed by atoms with Crippen LogP contribution in [0.3, 0.4) is 0 Å². The van der Waals surface area contributed by atoms with E-state index in [1.165, 1.54) is 12.8 Å². The van der Waals surface area contributed by atoms with Crippen molar-refractivity contribution >= 4 is 15.9 Å². The smallest absolute Gasteiger partial charge is 0.0623 e. The molecule has 0 spiro atoms. The van der Waals surface area contributed by atoms with E-state index in [9.17, 15) is 0 Å². The van der Waals surface area contributed by atoms with Gasteiger partial charge in [0.2, 0.25) is 0 Å². The molecule has 0 amide bonds. The molecule has 2 nitrogen and oxygen atoms in total. The van der Waals surface area contributed by atoms with Gasteiger partial charge in [0.1, 0.15) is 0 Å². The van der Waals surface area contributed by atoms with Gasteiger partial charge in [-0.3, -0.25) is 0 Å². The highest BCUT2D eigenvalue weighted by atomic mass is 79.9. The van der Waals surface area contributed by atoms with Crippen LogP contribution in [0.2, 0.25) is 0 Å². The highest BCUT2D eigenvalue weighted by molar-refractivity contribution is 9.09. The zero-order chi connectivity index (χ0) is 11.5. The van der Waals surface area contributed by atoms with Gasteiger partial charge in [0.15, 0.2) is 0 Å². The van der Waals surface area contributed by atoms with Gasteiger partial charge >= 0.3 is 0 Å². The fourth-order valence-electron chi connectivity index (χ4n) is 2.04. The topological polar surface area (TPSA) is 18.5 Å². The van der Waals surface area contributed by atoms with Crippen molar-refractivity contribution in [2.24, 2.45) is 5.41 Å². The molecule has 1 rings (SSSR count). The quantitative estimate of drug-likeness (QED) is 0.718. The number of halogens is 1. The van der Waals surface area contributed by atoms with Crippen LogP contribution in [0.15, 0.2) is 0 Å². The molecule has 2 atom stereocenters. The lowest BCUT2D eigenvalue weighted by molar-refractivity contribution is -0.00321. The normalized spacial score (nSPS) is 32.2. The molecule has 1 saturated heterocycles. The monoisotopic (exact) mass is 278 g/mol. The van der Waals surface area contributed by atoms with Crippen molar-refractivity contribution in [2.45, 2.75) is 51.7 Å². The summed E-state index contributed by atoms with van der Waals surface area (Å²) in [6, 6.07) is 0. The van der Waals surface area contributed by atoms with E-state index in [0.717, 1.165) is 18.4 Å². The summed E-state index contributed by atoms with van der Waals surface area (Å²) in [6.45, 7) is 7.39. The Morgan fingerprint density at radius 1 is 1.53 bits per heavy atom. The predicted molar refractivity (Wildman–Crippen MR) is 66.6 cm³/mol. The Hall–Kier alpha value is 0.400. The third-order valence-corrected chi connectivity index (χ3v) is 4.99. The maximum Gasteiger partial charge on any atom is 0.0623 e. The van der Waals surface area contributed by atoms with E-state index in [4.69, 9.17) is 9.47 Å². The second kappa shape index (κ2) is 5.15. The molecule has 1 aliphatic rings. The van der Waals surface area contributed by atoms with Crippen LogP contribution in [0.4, 0.5) is 0 Å². The molecule has 90 valence electrons. The average molecular weight is 279 g/mol. The van der Waals surface area contributed by atoms with Gasteiger partial charge in [-0.15, -0.1) is 0 Å². The number of hydrogen-bond donors (Lipinski definition) is 0. The van der Waals surface area contributed by atoms with Crippen molar-refractivity contribution in [2.75, 3.05) is 19.0 Å². The van der Waals surface area contributed by atoms with E-state index < -0.39 is 0 Å². The maximum atomic E-state index is 5.69. The molecule has 0 saturated carbocycles. The minimum absolute atomic E-state index is 0.0164. The number of alkyl halides is 1. The summed E-state index contributed by atoms with van der Waals surface area (Å²) in [5.74, 6) is 0. The van der Waals surface area contributed by atoms with E-state index in [-0.39, 0.29) is 5.60 Å². The van der Waals surface area contributed by atoms with E-state index in [0.29, 0.717) is 11.5 Å². The SMILES string of the molecule is COC(C)(C)CCC1(CBr)CCOC1C. The Balaban J connectivity index is 2.54. The molecule has 0 bridgehead atoms. The second-order valence-electron chi connectivity index (χ2n) is 5.22. The molecule has 15 heavy (non-hydrogen) atoms. The van der Waals surface area contributed by atoms with E-state index in [2.05, 4.69) is 36.7 Å². The fourth-order valence-corrected chi connectivity index (χ4v) is 3.06. The molecule has 0 aromatic carbocycles. The molecule has 1 heterocycles. The van der Waals surface area contributed by atoms with E-state index in [1.807, 2.05) is 0 Å². The van der Waals surface area contributed by atoms with Crippen molar-refractivity contribution in [1.82, 2.24) is 0 Å². The lowest BCUT2D eigenvalue weighted by Gasteiger charge is -2.33. The number of hydrogen-bond acceptors (Lipinski definition) is 2. The molecule has 0 aromatic heterocycles. The lowest BCUT2D eigenvalue weighted by atomic mass is 9.77. The molecule has 0 N–H and O–H groups in total. The Morgan fingerprint density at radius 3 is 2.60 bits per heavy atom. The number of methoxy groups -OCH3 is 1. The van der Waals surface area contributed by atoms with Crippen LogP contribution in [0, 0.1) is 5.41 Å². The molecular weight excluding hydrogens is 256 g/mol. The van der Waals surface area contributed by atoms with E-state index in [1.54, 1.807) is 7.11 Å². The lowest BCUT2D eigenvalue weighted by Crippen LogP contribution is -2.34. The Bertz CT molecular complexity index is 206. The standard InChI is InChI=1S/C12H23BrO2/c1-10-12(9-13,7-8-15-10)6-5-11(2,3)14-4/h10H,5-9H2,1-4H3. The van der Waals surface area contributed by atoms with Crippen molar-refractivity contribution < 1.29 is 9.47 Å². The first kappa shape index (κ1) is 13.5. The van der Waals surface area contributed by atoms with Crippen molar-refractivity contribution in [3.05, 3.63) is 0 Å². The number of rotatable bonds is 5. The summed E-state index contributed by atoms with van der Waals surface area (Å²) in [5, 5.41) is 1.03. The van der Waals surface area contributed by atoms with Gasteiger partial charge in [0.25, 0.3) is 0 Å². The summed E-state index contributed by atoms with van der Waals surface area (Å²) in [7, 11) is 1.79. The van der Waals surface area contributed by atoms with Gasteiger partial charge in [-0.1, -0.05) is 15.9 Å². The van der Waals surface area contributed by atoms with Crippen LogP contribution in [0.1, 0.15) is 40.0 Å². The van der Waals surface area contributed by atoms with Crippen molar-refractivity contribution in [3.63, 3.8) is 0 Å². The van der Waals surface area contributed by atoms with Gasteiger partial charge in [-0.25, -0.2) is 0 Å². The molecule has 1 aliphatic heterocycles. The van der Waals surface area contributed by atoms with Crippen LogP contribution in [0.25, 0.3) is 0 Å². The number of ether oxygens (including phenoxy) is 2. The highest BCUT2D eigenvalue weighted by Gasteiger charge is 2.41. The molecule has 0 radical (unpaired) electrons. The summed E-state index contributed by atoms with van der Waals surface area (Å²) in [6.07, 6.45) is 3.78. The Kier molecular flexibility index (Phi) is 4.63. The third kappa shape index (κ3) is 3.18. The molecule has 1 fully saturated rings. The Labute approximate surface area is 102 Å². The third-order valence-electron chi connectivity index (χ3n) is 3.87. The van der Waals surface area contributed by atoms with Gasteiger partial charge in [0, 0.05) is 24.5 Å². The predicted octanol–water partition coefficient (Wildman–Crippen LogP) is 3.38. The Morgan fingerprint density at radius 2 is 2.20 bits per heavy atom. The van der Waals surface area contributed by atoms with Gasteiger partial charge in [-0.2, -0.15) is 0 Å². The van der Waals surface area contributed by atoms with Crippen molar-refractivity contribution in [1.29, 1.82) is 0 Å². The highest BCUT2D eigenvalue weighted by Crippen LogP contribution is 2.42. The molecule has 0 aliphatic carbocycles. The maximum absolute atomic E-state index is 5.69. The second-order valence-corrected chi connectivity index (χ2v) is 5.78. The van der Waals surface area contributed by atoms with E-state index >= 15 is 0 Å².